The van der Waals surface area contributed by atoms with Crippen molar-refractivity contribution in [3.05, 3.63) is 69.7 Å². The molecule has 0 spiro atoms. The van der Waals surface area contributed by atoms with E-state index in [0.29, 0.717) is 28.8 Å². The summed E-state index contributed by atoms with van der Waals surface area (Å²) in [4.78, 5) is 24.7. The first-order chi connectivity index (χ1) is 16.6. The average Bonchev–Trinajstić information content (AvgIpc) is 3.63. The lowest BCUT2D eigenvalue weighted by Gasteiger charge is -2.45. The van der Waals surface area contributed by atoms with Gasteiger partial charge in [0.1, 0.15) is 0 Å². The standard InChI is InChI=1S/C28H33Cl2NO4/c1-17(12-24(35-16-18-6-7-18)19-8-10-21(29)11-9-19)26-23(20-4-3-5-22(30)13-20)14-28(2,15-25(32)33)27(34)31-26/h3-5,8-11,13,17-18,23-24,26H,6-7,12,14-16H2,1-2H3,(H,31,34)(H,32,33). The average molecular weight is 518 g/mol. The second-order valence-electron chi connectivity index (χ2n) is 10.5. The summed E-state index contributed by atoms with van der Waals surface area (Å²) >= 11 is 12.4. The van der Waals surface area contributed by atoms with Gasteiger partial charge in [-0.3, -0.25) is 9.59 Å². The van der Waals surface area contributed by atoms with Gasteiger partial charge in [-0.2, -0.15) is 0 Å². The Morgan fingerprint density at radius 3 is 2.51 bits per heavy atom. The number of amides is 1. The summed E-state index contributed by atoms with van der Waals surface area (Å²) in [7, 11) is 0. The number of rotatable bonds is 10. The second-order valence-corrected chi connectivity index (χ2v) is 11.4. The second kappa shape index (κ2) is 10.9. The Morgan fingerprint density at radius 2 is 1.89 bits per heavy atom. The van der Waals surface area contributed by atoms with Crippen molar-refractivity contribution >= 4 is 35.1 Å². The van der Waals surface area contributed by atoms with E-state index in [0.717, 1.165) is 17.7 Å². The third-order valence-electron chi connectivity index (χ3n) is 7.44. The lowest BCUT2D eigenvalue weighted by molar-refractivity contribution is -0.147. The molecule has 5 nitrogen and oxygen atoms in total. The number of carbonyl (C=O) groups excluding carboxylic acids is 1. The summed E-state index contributed by atoms with van der Waals surface area (Å²) in [6.07, 6.45) is 3.24. The minimum absolute atomic E-state index is 0.0668. The van der Waals surface area contributed by atoms with E-state index < -0.39 is 11.4 Å². The van der Waals surface area contributed by atoms with Gasteiger partial charge in [-0.05, 0) is 72.9 Å². The van der Waals surface area contributed by atoms with Crippen LogP contribution in [0.3, 0.4) is 0 Å². The third-order valence-corrected chi connectivity index (χ3v) is 7.93. The summed E-state index contributed by atoms with van der Waals surface area (Å²) in [6, 6.07) is 15.2. The normalized spacial score (nSPS) is 26.1. The fourth-order valence-electron chi connectivity index (χ4n) is 5.22. The number of carboxylic acid groups (broad SMARTS) is 1. The molecule has 1 amide bonds. The number of carbonyl (C=O) groups is 2. The predicted molar refractivity (Wildman–Crippen MR) is 138 cm³/mol. The summed E-state index contributed by atoms with van der Waals surface area (Å²) < 4.78 is 6.38. The van der Waals surface area contributed by atoms with E-state index in [-0.39, 0.29) is 36.3 Å². The van der Waals surface area contributed by atoms with Gasteiger partial charge in [-0.15, -0.1) is 0 Å². The maximum Gasteiger partial charge on any atom is 0.304 e. The van der Waals surface area contributed by atoms with Crippen LogP contribution in [-0.2, 0) is 14.3 Å². The molecule has 0 bridgehead atoms. The summed E-state index contributed by atoms with van der Waals surface area (Å²) in [5, 5.41) is 14.0. The van der Waals surface area contributed by atoms with E-state index in [1.54, 1.807) is 6.92 Å². The summed E-state index contributed by atoms with van der Waals surface area (Å²) in [5.41, 5.74) is 1.08. The zero-order chi connectivity index (χ0) is 25.2. The predicted octanol–water partition coefficient (Wildman–Crippen LogP) is 6.64. The van der Waals surface area contributed by atoms with Gasteiger partial charge < -0.3 is 15.2 Å². The van der Waals surface area contributed by atoms with Gasteiger partial charge in [0.2, 0.25) is 5.91 Å². The molecule has 1 aliphatic heterocycles. The van der Waals surface area contributed by atoms with Gasteiger partial charge in [-0.1, -0.05) is 61.3 Å². The zero-order valence-electron chi connectivity index (χ0n) is 20.2. The molecule has 1 heterocycles. The maximum absolute atomic E-state index is 13.2. The molecule has 188 valence electrons. The molecule has 5 atom stereocenters. The molecule has 4 rings (SSSR count). The summed E-state index contributed by atoms with van der Waals surface area (Å²) in [6.45, 7) is 4.60. The van der Waals surface area contributed by atoms with E-state index in [1.807, 2.05) is 48.5 Å². The van der Waals surface area contributed by atoms with Crippen molar-refractivity contribution in [3.63, 3.8) is 0 Å². The van der Waals surface area contributed by atoms with Gasteiger partial charge in [0.25, 0.3) is 0 Å². The van der Waals surface area contributed by atoms with Crippen LogP contribution < -0.4 is 5.32 Å². The van der Waals surface area contributed by atoms with E-state index in [2.05, 4.69) is 12.2 Å². The van der Waals surface area contributed by atoms with Gasteiger partial charge in [-0.25, -0.2) is 0 Å². The number of carboxylic acids is 1. The van der Waals surface area contributed by atoms with Crippen molar-refractivity contribution in [2.75, 3.05) is 6.61 Å². The van der Waals surface area contributed by atoms with Crippen molar-refractivity contribution in [1.29, 1.82) is 0 Å². The number of hydrogen-bond acceptors (Lipinski definition) is 3. The molecule has 1 saturated heterocycles. The number of aliphatic carboxylic acids is 1. The number of ether oxygens (including phenoxy) is 1. The lowest BCUT2D eigenvalue weighted by atomic mass is 9.67. The van der Waals surface area contributed by atoms with Crippen LogP contribution in [0.1, 0.15) is 69.1 Å². The number of benzene rings is 2. The fourth-order valence-corrected chi connectivity index (χ4v) is 5.54. The highest BCUT2D eigenvalue weighted by Crippen LogP contribution is 2.45. The van der Waals surface area contributed by atoms with Crippen LogP contribution >= 0.6 is 23.2 Å². The lowest BCUT2D eigenvalue weighted by Crippen LogP contribution is -2.56. The highest BCUT2D eigenvalue weighted by molar-refractivity contribution is 6.30. The first kappa shape index (κ1) is 26.0. The molecule has 2 aromatic rings. The molecule has 0 radical (unpaired) electrons. The molecule has 2 aromatic carbocycles. The van der Waals surface area contributed by atoms with Gasteiger partial charge in [0.15, 0.2) is 0 Å². The van der Waals surface area contributed by atoms with Crippen molar-refractivity contribution in [2.45, 2.75) is 64.0 Å². The van der Waals surface area contributed by atoms with Crippen LogP contribution in [0.15, 0.2) is 48.5 Å². The minimum atomic E-state index is -0.993. The van der Waals surface area contributed by atoms with E-state index >= 15 is 0 Å². The number of halogens is 2. The number of piperidine rings is 1. The molecule has 5 unspecified atom stereocenters. The Balaban J connectivity index is 1.60. The van der Waals surface area contributed by atoms with Crippen molar-refractivity contribution in [1.82, 2.24) is 5.32 Å². The quantitative estimate of drug-likeness (QED) is 0.370. The molecule has 1 aliphatic carbocycles. The van der Waals surface area contributed by atoms with Gasteiger partial charge in [0.05, 0.1) is 24.5 Å². The van der Waals surface area contributed by atoms with Crippen molar-refractivity contribution in [3.8, 4) is 0 Å². The third kappa shape index (κ3) is 6.58. The van der Waals surface area contributed by atoms with Crippen molar-refractivity contribution in [2.24, 2.45) is 17.3 Å². The SMILES string of the molecule is CC(CC(OCC1CC1)c1ccc(Cl)cc1)C1NC(=O)C(C)(CC(=O)O)CC1c1cccc(Cl)c1. The first-order valence-corrected chi connectivity index (χ1v) is 13.1. The Kier molecular flexibility index (Phi) is 8.09. The monoisotopic (exact) mass is 517 g/mol. The summed E-state index contributed by atoms with van der Waals surface area (Å²) in [5.74, 6) is -0.560. The van der Waals surface area contributed by atoms with Gasteiger partial charge >= 0.3 is 5.97 Å². The Hall–Kier alpha value is -2.08. The molecule has 7 heteroatoms. The highest BCUT2D eigenvalue weighted by Gasteiger charge is 2.47. The molecule has 0 aromatic heterocycles. The molecule has 1 saturated carbocycles. The molecule has 2 N–H and O–H groups in total. The molecular formula is C28H33Cl2NO4. The molecular weight excluding hydrogens is 485 g/mol. The number of hydrogen-bond donors (Lipinski definition) is 2. The molecule has 2 fully saturated rings. The smallest absolute Gasteiger partial charge is 0.304 e. The van der Waals surface area contributed by atoms with Gasteiger partial charge in [0, 0.05) is 22.0 Å². The topological polar surface area (TPSA) is 75.6 Å². The van der Waals surface area contributed by atoms with E-state index in [1.165, 1.54) is 12.8 Å². The van der Waals surface area contributed by atoms with Crippen molar-refractivity contribution < 1.29 is 19.4 Å². The van der Waals surface area contributed by atoms with E-state index in [4.69, 9.17) is 27.9 Å². The minimum Gasteiger partial charge on any atom is -0.481 e. The molecule has 2 aliphatic rings. The Morgan fingerprint density at radius 1 is 1.17 bits per heavy atom. The fraction of sp³-hybridized carbons (Fsp3) is 0.500. The Bertz CT molecular complexity index is 1060. The van der Waals surface area contributed by atoms with Crippen LogP contribution in [0.25, 0.3) is 0 Å². The number of nitrogens with one attached hydrogen (secondary N) is 1. The van der Waals surface area contributed by atoms with E-state index in [9.17, 15) is 14.7 Å². The van der Waals surface area contributed by atoms with Crippen LogP contribution in [0.5, 0.6) is 0 Å². The zero-order valence-corrected chi connectivity index (χ0v) is 21.7. The maximum atomic E-state index is 13.2. The Labute approximate surface area is 217 Å². The first-order valence-electron chi connectivity index (χ1n) is 12.3. The van der Waals surface area contributed by atoms with Crippen LogP contribution in [0.4, 0.5) is 0 Å². The highest BCUT2D eigenvalue weighted by atomic mass is 35.5. The van der Waals surface area contributed by atoms with Crippen LogP contribution in [0, 0.1) is 17.3 Å². The van der Waals surface area contributed by atoms with Crippen LogP contribution in [-0.4, -0.2) is 29.6 Å². The largest absolute Gasteiger partial charge is 0.481 e. The van der Waals surface area contributed by atoms with Crippen LogP contribution in [0.2, 0.25) is 10.0 Å². The molecule has 35 heavy (non-hydrogen) atoms.